The molecule has 26 heavy (non-hydrogen) atoms. The molecule has 0 unspecified atom stereocenters. The van der Waals surface area contributed by atoms with E-state index in [1.807, 2.05) is 0 Å². The second-order valence-corrected chi connectivity index (χ2v) is 8.13. The van der Waals surface area contributed by atoms with E-state index in [2.05, 4.69) is 3.63 Å². The van der Waals surface area contributed by atoms with Gasteiger partial charge < -0.3 is 9.11 Å². The van der Waals surface area contributed by atoms with Gasteiger partial charge in [0.2, 0.25) is 0 Å². The van der Waals surface area contributed by atoms with Crippen molar-refractivity contribution >= 4 is 30.6 Å². The molecule has 9 nitrogen and oxygen atoms in total. The fraction of sp³-hybridized carbons (Fsp3) is 0. The number of rotatable bonds is 4. The third-order valence-electron chi connectivity index (χ3n) is 2.24. The van der Waals surface area contributed by atoms with Gasteiger partial charge in [0, 0.05) is 10.4 Å². The standard InChI is InChI=1S/C12H10O5S2.2K.H2O4S/c13-18(14,11-7-3-1-4-8-11)17-19(15,16)12-9-5-2-6-10-12;;;1-5(2,3)4/h1-10H;;;(H2,1,2,3,4)/q;2*+1;/p-2. The molecule has 0 bridgehead atoms. The fourth-order valence-electron chi connectivity index (χ4n) is 1.37. The van der Waals surface area contributed by atoms with Crippen LogP contribution < -0.4 is 103 Å². The van der Waals surface area contributed by atoms with Gasteiger partial charge in [0.1, 0.15) is 0 Å². The third kappa shape index (κ3) is 12.1. The molecule has 0 aliphatic carbocycles. The molecule has 0 radical (unpaired) electrons. The van der Waals surface area contributed by atoms with Gasteiger partial charge in [-0.15, -0.1) is 3.63 Å². The van der Waals surface area contributed by atoms with Crippen molar-refractivity contribution in [3.8, 4) is 0 Å². The van der Waals surface area contributed by atoms with Crippen LogP contribution in [0.4, 0.5) is 0 Å². The van der Waals surface area contributed by atoms with Crippen LogP contribution in [0.2, 0.25) is 0 Å². The average Bonchev–Trinajstić information content (AvgIpc) is 2.46. The van der Waals surface area contributed by atoms with Crippen LogP contribution in [0.1, 0.15) is 0 Å². The van der Waals surface area contributed by atoms with E-state index in [0.717, 1.165) is 0 Å². The molecule has 0 amide bonds. The van der Waals surface area contributed by atoms with Gasteiger partial charge in [-0.1, -0.05) is 36.4 Å². The first-order valence-electron chi connectivity index (χ1n) is 5.90. The largest absolute Gasteiger partial charge is 1.00 e. The summed E-state index contributed by atoms with van der Waals surface area (Å²) >= 11 is 0. The van der Waals surface area contributed by atoms with Crippen LogP contribution in [0, 0.1) is 0 Å². The van der Waals surface area contributed by atoms with E-state index in [4.69, 9.17) is 17.5 Å². The van der Waals surface area contributed by atoms with Crippen LogP contribution in [-0.4, -0.2) is 34.4 Å². The Morgan fingerprint density at radius 1 is 0.577 bits per heavy atom. The van der Waals surface area contributed by atoms with E-state index in [9.17, 15) is 16.8 Å². The van der Waals surface area contributed by atoms with Crippen LogP contribution in [-0.2, 0) is 34.3 Å². The van der Waals surface area contributed by atoms with E-state index in [1.54, 1.807) is 12.1 Å². The molecule has 0 heterocycles. The molecule has 0 aromatic heterocycles. The molecule has 0 N–H and O–H groups in total. The Kier molecular flexibility index (Phi) is 14.7. The van der Waals surface area contributed by atoms with Crippen molar-refractivity contribution in [3.63, 3.8) is 0 Å². The monoisotopic (exact) mass is 472 g/mol. The Hall–Kier alpha value is 1.44. The first-order chi connectivity index (χ1) is 10.9. The second-order valence-electron chi connectivity index (χ2n) is 4.01. The van der Waals surface area contributed by atoms with Crippen LogP contribution in [0.15, 0.2) is 70.5 Å². The maximum Gasteiger partial charge on any atom is 1.00 e. The van der Waals surface area contributed by atoms with Crippen molar-refractivity contribution in [2.24, 2.45) is 0 Å². The quantitative estimate of drug-likeness (QED) is 0.240. The van der Waals surface area contributed by atoms with Gasteiger partial charge in [0.15, 0.2) is 0 Å². The summed E-state index contributed by atoms with van der Waals surface area (Å²) in [5.41, 5.74) is 0. The van der Waals surface area contributed by atoms with Gasteiger partial charge in [-0.25, -0.2) is 0 Å². The van der Waals surface area contributed by atoms with Crippen molar-refractivity contribution in [3.05, 3.63) is 60.7 Å². The van der Waals surface area contributed by atoms with E-state index in [1.165, 1.54) is 48.5 Å². The first-order valence-corrected chi connectivity index (χ1v) is 10.0. The molecule has 0 spiro atoms. The van der Waals surface area contributed by atoms with Crippen molar-refractivity contribution in [2.75, 3.05) is 0 Å². The zero-order chi connectivity index (χ0) is 18.4. The number of benzene rings is 2. The Morgan fingerprint density at radius 2 is 0.808 bits per heavy atom. The Balaban J connectivity index is 0. The summed E-state index contributed by atoms with van der Waals surface area (Å²) in [6.45, 7) is 0. The zero-order valence-corrected chi connectivity index (χ0v) is 22.4. The third-order valence-corrected chi connectivity index (χ3v) is 5.38. The summed E-state index contributed by atoms with van der Waals surface area (Å²) < 4.78 is 85.7. The van der Waals surface area contributed by atoms with Crippen molar-refractivity contribution < 1.29 is 141 Å². The molecule has 132 valence electrons. The predicted octanol–water partition coefficient (Wildman–Crippen LogP) is -5.55. The van der Waals surface area contributed by atoms with Crippen molar-refractivity contribution in [2.45, 2.75) is 9.79 Å². The summed E-state index contributed by atoms with van der Waals surface area (Å²) in [6, 6.07) is 14.2. The predicted molar refractivity (Wildman–Crippen MR) is 78.8 cm³/mol. The molecular formula is C12H10K2O9S3. The molecule has 2 aromatic carbocycles. The maximum absolute atomic E-state index is 11.8. The molecule has 2 aromatic rings. The van der Waals surface area contributed by atoms with Crippen molar-refractivity contribution in [1.29, 1.82) is 0 Å². The van der Waals surface area contributed by atoms with Gasteiger partial charge in [0.25, 0.3) is 0 Å². The molecule has 2 rings (SSSR count). The Labute approximate surface area is 237 Å². The topological polar surface area (TPSA) is 158 Å². The smallest absolute Gasteiger partial charge is 0.759 e. The van der Waals surface area contributed by atoms with Gasteiger partial charge in [-0.2, -0.15) is 16.8 Å². The minimum absolute atomic E-state index is 0. The van der Waals surface area contributed by atoms with E-state index in [0.29, 0.717) is 0 Å². The second kappa shape index (κ2) is 12.9. The van der Waals surface area contributed by atoms with Gasteiger partial charge in [-0.05, 0) is 24.3 Å². The zero-order valence-electron chi connectivity index (χ0n) is 13.7. The van der Waals surface area contributed by atoms with Gasteiger partial charge in [-0.3, -0.25) is 8.42 Å². The maximum atomic E-state index is 11.8. The number of hydrogen-bond donors (Lipinski definition) is 0. The molecule has 0 saturated carbocycles. The summed E-state index contributed by atoms with van der Waals surface area (Å²) in [5.74, 6) is 0. The minimum atomic E-state index is -5.17. The molecule has 0 aliphatic heterocycles. The molecule has 0 aliphatic rings. The Morgan fingerprint density at radius 3 is 1.04 bits per heavy atom. The van der Waals surface area contributed by atoms with Crippen LogP contribution >= 0.6 is 0 Å². The van der Waals surface area contributed by atoms with Crippen LogP contribution in [0.3, 0.4) is 0 Å². The average molecular weight is 473 g/mol. The molecule has 14 heteroatoms. The normalized spacial score (nSPS) is 11.2. The molecule has 0 atom stereocenters. The summed E-state index contributed by atoms with van der Waals surface area (Å²) in [4.78, 5) is -0.427. The SMILES string of the molecule is O=S(=O)(OS(=O)(=O)c1ccccc1)c1ccccc1.O=S(=O)([O-])[O-].[K+].[K+]. The molecular weight excluding hydrogens is 463 g/mol. The van der Waals surface area contributed by atoms with E-state index >= 15 is 0 Å². The van der Waals surface area contributed by atoms with E-state index in [-0.39, 0.29) is 113 Å². The molecule has 0 saturated heterocycles. The molecule has 0 fully saturated rings. The summed E-state index contributed by atoms with van der Waals surface area (Å²) in [7, 11) is -13.9. The fourth-order valence-corrected chi connectivity index (χ4v) is 3.92. The van der Waals surface area contributed by atoms with Gasteiger partial charge in [0.05, 0.1) is 9.79 Å². The van der Waals surface area contributed by atoms with Crippen molar-refractivity contribution in [1.82, 2.24) is 0 Å². The van der Waals surface area contributed by atoms with Crippen LogP contribution in [0.5, 0.6) is 0 Å². The minimum Gasteiger partial charge on any atom is -0.759 e. The first kappa shape index (κ1) is 29.6. The van der Waals surface area contributed by atoms with E-state index < -0.39 is 30.6 Å². The van der Waals surface area contributed by atoms with Gasteiger partial charge >= 0.3 is 123 Å². The number of hydrogen-bond acceptors (Lipinski definition) is 9. The Bertz CT molecular complexity index is 899. The van der Waals surface area contributed by atoms with Crippen LogP contribution in [0.25, 0.3) is 0 Å². The summed E-state index contributed by atoms with van der Waals surface area (Å²) in [5, 5.41) is 0. The summed E-state index contributed by atoms with van der Waals surface area (Å²) in [6.07, 6.45) is 0.